The number of benzene rings is 1. The molecule has 0 aliphatic rings. The molecule has 0 saturated heterocycles. The minimum atomic E-state index is -4.84. The number of aromatic nitrogens is 2. The van der Waals surface area contributed by atoms with E-state index in [2.05, 4.69) is 10.1 Å². The Morgan fingerprint density at radius 3 is 2.58 bits per heavy atom. The van der Waals surface area contributed by atoms with E-state index in [1.807, 2.05) is 0 Å². The second-order valence-electron chi connectivity index (χ2n) is 5.24. The average molecular weight is 369 g/mol. The van der Waals surface area contributed by atoms with Crippen LogP contribution in [-0.4, -0.2) is 21.4 Å². The van der Waals surface area contributed by atoms with Crippen LogP contribution in [-0.2, 0) is 18.9 Å². The Morgan fingerprint density at radius 1 is 1.23 bits per heavy atom. The fourth-order valence-electron chi connectivity index (χ4n) is 2.07. The molecule has 0 bridgehead atoms. The van der Waals surface area contributed by atoms with Crippen molar-refractivity contribution >= 4 is 17.7 Å². The molecular formula is C16H14F3N3O4. The zero-order valence-electron chi connectivity index (χ0n) is 13.7. The number of anilines is 1. The lowest BCUT2D eigenvalue weighted by Crippen LogP contribution is -2.37. The second kappa shape index (κ2) is 7.30. The van der Waals surface area contributed by atoms with Gasteiger partial charge in [0.2, 0.25) is 5.91 Å². The first-order chi connectivity index (χ1) is 12.1. The van der Waals surface area contributed by atoms with Gasteiger partial charge < -0.3 is 14.6 Å². The van der Waals surface area contributed by atoms with Crippen molar-refractivity contribution in [2.24, 2.45) is 14.1 Å². The lowest BCUT2D eigenvalue weighted by Gasteiger charge is -2.10. The molecule has 138 valence electrons. The van der Waals surface area contributed by atoms with Crippen molar-refractivity contribution in [3.8, 4) is 5.75 Å². The highest BCUT2D eigenvalue weighted by Gasteiger charge is 2.31. The van der Waals surface area contributed by atoms with Crippen molar-refractivity contribution in [1.29, 1.82) is 0 Å². The lowest BCUT2D eigenvalue weighted by molar-refractivity contribution is -0.274. The van der Waals surface area contributed by atoms with E-state index in [0.717, 1.165) is 22.8 Å². The first-order valence-corrected chi connectivity index (χ1v) is 7.18. The molecule has 2 aromatic rings. The number of ether oxygens (including phenoxy) is 1. The summed E-state index contributed by atoms with van der Waals surface area (Å²) in [5.74, 6) is -1.16. The number of alkyl halides is 3. The third-order valence-electron chi connectivity index (χ3n) is 3.22. The number of carbonyl (C=O) groups excluding carboxylic acids is 1. The van der Waals surface area contributed by atoms with Crippen LogP contribution in [0.4, 0.5) is 18.9 Å². The largest absolute Gasteiger partial charge is 0.573 e. The number of nitrogens with one attached hydrogen (secondary N) is 1. The van der Waals surface area contributed by atoms with Crippen LogP contribution in [0.5, 0.6) is 5.75 Å². The molecule has 1 aromatic heterocycles. The summed E-state index contributed by atoms with van der Waals surface area (Å²) < 4.78 is 42.4. The highest BCUT2D eigenvalue weighted by molar-refractivity contribution is 6.01. The van der Waals surface area contributed by atoms with Crippen LogP contribution in [0.1, 0.15) is 5.56 Å². The number of nitrogens with zero attached hydrogens (tertiary/aromatic N) is 2. The topological polar surface area (TPSA) is 82.3 Å². The molecule has 0 atom stereocenters. The molecule has 0 saturated carbocycles. The standard InChI is InChI=1S/C16H14F3N3O4/c1-21-9-10(14(24)22(2)15(21)25)6-7-13(23)20-11-4-3-5-12(8-11)26-16(17,18)19/h3-9H,1-2H3,(H,20,23)/b7-6+. The summed E-state index contributed by atoms with van der Waals surface area (Å²) in [6, 6.07) is 4.75. The summed E-state index contributed by atoms with van der Waals surface area (Å²) in [7, 11) is 2.75. The monoisotopic (exact) mass is 369 g/mol. The zero-order chi connectivity index (χ0) is 19.5. The molecule has 1 heterocycles. The Balaban J connectivity index is 2.15. The fourth-order valence-corrected chi connectivity index (χ4v) is 2.07. The highest BCUT2D eigenvalue weighted by atomic mass is 19.4. The summed E-state index contributed by atoms with van der Waals surface area (Å²) >= 11 is 0. The maximum absolute atomic E-state index is 12.2. The molecule has 1 N–H and O–H groups in total. The lowest BCUT2D eigenvalue weighted by atomic mass is 10.2. The Bertz CT molecular complexity index is 974. The smallest absolute Gasteiger partial charge is 0.406 e. The van der Waals surface area contributed by atoms with Gasteiger partial charge in [0.25, 0.3) is 5.56 Å². The second-order valence-corrected chi connectivity index (χ2v) is 5.24. The fraction of sp³-hybridized carbons (Fsp3) is 0.188. The van der Waals surface area contributed by atoms with E-state index < -0.39 is 29.3 Å². The van der Waals surface area contributed by atoms with E-state index in [1.54, 1.807) is 0 Å². The van der Waals surface area contributed by atoms with Crippen LogP contribution >= 0.6 is 0 Å². The number of carbonyl (C=O) groups is 1. The summed E-state index contributed by atoms with van der Waals surface area (Å²) in [6.07, 6.45) is -1.34. The van der Waals surface area contributed by atoms with Gasteiger partial charge in [-0.2, -0.15) is 0 Å². The highest BCUT2D eigenvalue weighted by Crippen LogP contribution is 2.24. The molecule has 26 heavy (non-hydrogen) atoms. The molecule has 0 fully saturated rings. The molecule has 2 rings (SSSR count). The van der Waals surface area contributed by atoms with Gasteiger partial charge in [-0.1, -0.05) is 6.07 Å². The van der Waals surface area contributed by atoms with E-state index in [1.165, 1.54) is 43.1 Å². The van der Waals surface area contributed by atoms with Gasteiger partial charge in [-0.25, -0.2) is 4.79 Å². The van der Waals surface area contributed by atoms with Crippen molar-refractivity contribution in [2.75, 3.05) is 5.32 Å². The van der Waals surface area contributed by atoms with Crippen molar-refractivity contribution in [3.05, 3.63) is 62.9 Å². The SMILES string of the molecule is Cn1cc(/C=C/C(=O)Nc2cccc(OC(F)(F)F)c2)c(=O)n(C)c1=O. The molecule has 0 spiro atoms. The Labute approximate surface area is 144 Å². The molecule has 0 unspecified atom stereocenters. The average Bonchev–Trinajstić information content (AvgIpc) is 2.53. The summed E-state index contributed by atoms with van der Waals surface area (Å²) in [4.78, 5) is 35.4. The van der Waals surface area contributed by atoms with Crippen LogP contribution in [0.3, 0.4) is 0 Å². The van der Waals surface area contributed by atoms with Crippen molar-refractivity contribution in [3.63, 3.8) is 0 Å². The predicted octanol–water partition coefficient (Wildman–Crippen LogP) is 1.63. The normalized spacial score (nSPS) is 11.6. The minimum absolute atomic E-state index is 0.0785. The van der Waals surface area contributed by atoms with Crippen LogP contribution in [0.25, 0.3) is 6.08 Å². The molecule has 10 heteroatoms. The van der Waals surface area contributed by atoms with Crippen molar-refractivity contribution < 1.29 is 22.7 Å². The van der Waals surface area contributed by atoms with Gasteiger partial charge in [0.15, 0.2) is 0 Å². The maximum atomic E-state index is 12.2. The van der Waals surface area contributed by atoms with Crippen LogP contribution in [0.2, 0.25) is 0 Å². The molecular weight excluding hydrogens is 355 g/mol. The van der Waals surface area contributed by atoms with Gasteiger partial charge in [0.1, 0.15) is 5.75 Å². The third-order valence-corrected chi connectivity index (χ3v) is 3.22. The van der Waals surface area contributed by atoms with Crippen molar-refractivity contribution in [2.45, 2.75) is 6.36 Å². The predicted molar refractivity (Wildman–Crippen MR) is 87.7 cm³/mol. The molecule has 7 nitrogen and oxygen atoms in total. The molecule has 0 aliphatic carbocycles. The number of aryl methyl sites for hydroxylation is 1. The maximum Gasteiger partial charge on any atom is 0.573 e. The van der Waals surface area contributed by atoms with E-state index in [-0.39, 0.29) is 11.3 Å². The number of hydrogen-bond acceptors (Lipinski definition) is 4. The zero-order valence-corrected chi connectivity index (χ0v) is 13.7. The van der Waals surface area contributed by atoms with Crippen molar-refractivity contribution in [1.82, 2.24) is 9.13 Å². The Kier molecular flexibility index (Phi) is 5.34. The minimum Gasteiger partial charge on any atom is -0.406 e. The van der Waals surface area contributed by atoms with Gasteiger partial charge >= 0.3 is 12.1 Å². The van der Waals surface area contributed by atoms with E-state index in [0.29, 0.717) is 0 Å². The summed E-state index contributed by atoms with van der Waals surface area (Å²) in [6.45, 7) is 0. The number of hydrogen-bond donors (Lipinski definition) is 1. The Hall–Kier alpha value is -3.30. The number of amides is 1. The van der Waals surface area contributed by atoms with Crippen LogP contribution in [0, 0.1) is 0 Å². The summed E-state index contributed by atoms with van der Waals surface area (Å²) in [5, 5.41) is 2.35. The van der Waals surface area contributed by atoms with Gasteiger partial charge in [0, 0.05) is 38.1 Å². The molecule has 0 radical (unpaired) electrons. The van der Waals surface area contributed by atoms with E-state index >= 15 is 0 Å². The van der Waals surface area contributed by atoms with Crippen LogP contribution < -0.4 is 21.3 Å². The number of halogens is 3. The first-order valence-electron chi connectivity index (χ1n) is 7.18. The van der Waals surface area contributed by atoms with E-state index in [9.17, 15) is 27.6 Å². The number of rotatable bonds is 4. The van der Waals surface area contributed by atoms with Gasteiger partial charge in [-0.15, -0.1) is 13.2 Å². The molecule has 1 aromatic carbocycles. The third kappa shape index (κ3) is 4.85. The summed E-state index contributed by atoms with van der Waals surface area (Å²) in [5.41, 5.74) is -0.926. The van der Waals surface area contributed by atoms with Gasteiger partial charge in [-0.05, 0) is 18.2 Å². The molecule has 1 amide bonds. The van der Waals surface area contributed by atoms with Crippen LogP contribution in [0.15, 0.2) is 46.1 Å². The quantitative estimate of drug-likeness (QED) is 0.831. The Morgan fingerprint density at radius 2 is 1.92 bits per heavy atom. The van der Waals surface area contributed by atoms with E-state index in [4.69, 9.17) is 0 Å². The first kappa shape index (κ1) is 19.0. The van der Waals surface area contributed by atoms with Gasteiger partial charge in [0.05, 0.1) is 5.56 Å². The molecule has 0 aliphatic heterocycles. The van der Waals surface area contributed by atoms with Gasteiger partial charge in [-0.3, -0.25) is 14.2 Å².